The lowest BCUT2D eigenvalue weighted by Crippen LogP contribution is -2.30. The summed E-state index contributed by atoms with van der Waals surface area (Å²) in [5, 5.41) is 9.73. The van der Waals surface area contributed by atoms with Crippen LogP contribution in [0.1, 0.15) is 31.7 Å². The zero-order valence-electron chi connectivity index (χ0n) is 7.68. The molecule has 0 aromatic heterocycles. The number of aromatic hydroxyl groups is 1. The molecule has 2 heteroatoms. The highest BCUT2D eigenvalue weighted by molar-refractivity contribution is 6.32. The summed E-state index contributed by atoms with van der Waals surface area (Å²) < 4.78 is 0. The van der Waals surface area contributed by atoms with Crippen molar-refractivity contribution in [2.45, 2.75) is 31.6 Å². The van der Waals surface area contributed by atoms with Crippen LogP contribution in [0.4, 0.5) is 0 Å². The first kappa shape index (κ1) is 8.89. The highest BCUT2D eigenvalue weighted by Gasteiger charge is 2.33. The molecule has 0 amide bonds. The van der Waals surface area contributed by atoms with Crippen LogP contribution in [-0.4, -0.2) is 5.11 Å². The van der Waals surface area contributed by atoms with Gasteiger partial charge < -0.3 is 5.11 Å². The third-order valence-electron chi connectivity index (χ3n) is 3.10. The lowest BCUT2D eigenvalue weighted by Gasteiger charge is -2.39. The largest absolute Gasteiger partial charge is 0.506 e. The molecule has 0 unspecified atom stereocenters. The van der Waals surface area contributed by atoms with Gasteiger partial charge in [0.1, 0.15) is 5.75 Å². The lowest BCUT2D eigenvalue weighted by atomic mass is 9.66. The van der Waals surface area contributed by atoms with Crippen LogP contribution in [0.3, 0.4) is 0 Å². The van der Waals surface area contributed by atoms with Gasteiger partial charge in [-0.2, -0.15) is 0 Å². The van der Waals surface area contributed by atoms with E-state index in [-0.39, 0.29) is 5.75 Å². The number of benzene rings is 1. The molecule has 1 aliphatic carbocycles. The number of hydrogen-bond acceptors (Lipinski definition) is 1. The molecule has 70 valence electrons. The smallest absolute Gasteiger partial charge is 0.134 e. The molecule has 0 saturated heterocycles. The maximum absolute atomic E-state index is 9.27. The number of halogens is 1. The molecule has 1 N–H and O–H groups in total. The Balaban J connectivity index is 2.36. The summed E-state index contributed by atoms with van der Waals surface area (Å²) in [5.41, 5.74) is 1.55. The van der Waals surface area contributed by atoms with Crippen molar-refractivity contribution in [2.24, 2.45) is 0 Å². The summed E-state index contributed by atoms with van der Waals surface area (Å²) in [6.07, 6.45) is 3.76. The van der Waals surface area contributed by atoms with E-state index in [9.17, 15) is 5.11 Å². The van der Waals surface area contributed by atoms with Gasteiger partial charge in [0.2, 0.25) is 0 Å². The monoisotopic (exact) mass is 196 g/mol. The molecule has 0 heterocycles. The number of phenolic OH excluding ortho intramolecular Hbond substituents is 1. The molecule has 0 spiro atoms. The maximum Gasteiger partial charge on any atom is 0.134 e. The third-order valence-corrected chi connectivity index (χ3v) is 3.40. The average molecular weight is 197 g/mol. The molecule has 2 rings (SSSR count). The van der Waals surface area contributed by atoms with Gasteiger partial charge in [0, 0.05) is 0 Å². The van der Waals surface area contributed by atoms with Crippen LogP contribution >= 0.6 is 11.6 Å². The zero-order chi connectivity index (χ0) is 9.47. The lowest BCUT2D eigenvalue weighted by molar-refractivity contribution is 0.272. The molecule has 1 saturated carbocycles. The second-order valence-electron chi connectivity index (χ2n) is 4.08. The second-order valence-corrected chi connectivity index (χ2v) is 4.49. The van der Waals surface area contributed by atoms with Crippen LogP contribution in [0.25, 0.3) is 0 Å². The second kappa shape index (κ2) is 2.91. The summed E-state index contributed by atoms with van der Waals surface area (Å²) in [5.74, 6) is 0.174. The van der Waals surface area contributed by atoms with Crippen LogP contribution in [0, 0.1) is 0 Å². The Hall–Kier alpha value is -0.690. The SMILES string of the molecule is CC1(c2ccc(O)c(Cl)c2)CCC1. The van der Waals surface area contributed by atoms with E-state index in [2.05, 4.69) is 6.92 Å². The van der Waals surface area contributed by atoms with Crippen LogP contribution in [0.15, 0.2) is 18.2 Å². The van der Waals surface area contributed by atoms with Gasteiger partial charge in [0.25, 0.3) is 0 Å². The zero-order valence-corrected chi connectivity index (χ0v) is 8.43. The van der Waals surface area contributed by atoms with Crippen LogP contribution in [0.2, 0.25) is 5.02 Å². The van der Waals surface area contributed by atoms with E-state index in [4.69, 9.17) is 11.6 Å². The van der Waals surface area contributed by atoms with E-state index in [0.717, 1.165) is 0 Å². The van der Waals surface area contributed by atoms with Crippen molar-refractivity contribution < 1.29 is 5.11 Å². The average Bonchev–Trinajstić information content (AvgIpc) is 2.06. The van der Waals surface area contributed by atoms with Gasteiger partial charge in [-0.15, -0.1) is 0 Å². The van der Waals surface area contributed by atoms with Gasteiger partial charge >= 0.3 is 0 Å². The molecule has 0 aliphatic heterocycles. The first-order chi connectivity index (χ1) is 6.12. The first-order valence-electron chi connectivity index (χ1n) is 4.61. The Labute approximate surface area is 83.3 Å². The standard InChI is InChI=1S/C11H13ClO/c1-11(5-2-6-11)8-3-4-10(13)9(12)7-8/h3-4,7,13H,2,5-6H2,1H3. The van der Waals surface area contributed by atoms with Gasteiger partial charge in [0.05, 0.1) is 5.02 Å². The van der Waals surface area contributed by atoms with Crippen molar-refractivity contribution in [3.63, 3.8) is 0 Å². The van der Waals surface area contributed by atoms with Crippen LogP contribution in [0.5, 0.6) is 5.75 Å². The Morgan fingerprint density at radius 3 is 2.54 bits per heavy atom. The predicted molar refractivity (Wildman–Crippen MR) is 54.3 cm³/mol. The Morgan fingerprint density at radius 1 is 1.38 bits per heavy atom. The molecule has 1 aromatic rings. The summed E-state index contributed by atoms with van der Waals surface area (Å²) in [4.78, 5) is 0. The van der Waals surface area contributed by atoms with E-state index < -0.39 is 0 Å². The first-order valence-corrected chi connectivity index (χ1v) is 4.99. The van der Waals surface area contributed by atoms with Crippen LogP contribution in [-0.2, 0) is 5.41 Å². The molecule has 1 aromatic carbocycles. The topological polar surface area (TPSA) is 20.2 Å². The fraction of sp³-hybridized carbons (Fsp3) is 0.455. The van der Waals surface area contributed by atoms with Gasteiger partial charge in [-0.05, 0) is 36.0 Å². The molecule has 1 fully saturated rings. The van der Waals surface area contributed by atoms with Crippen molar-refractivity contribution in [1.82, 2.24) is 0 Å². The highest BCUT2D eigenvalue weighted by atomic mass is 35.5. The van der Waals surface area contributed by atoms with Crippen molar-refractivity contribution in [3.8, 4) is 5.75 Å². The summed E-state index contributed by atoms with van der Waals surface area (Å²) >= 11 is 5.85. The van der Waals surface area contributed by atoms with E-state index in [1.165, 1.54) is 24.8 Å². The normalized spacial score (nSPS) is 19.5. The molecule has 0 bridgehead atoms. The van der Waals surface area contributed by atoms with E-state index in [1.807, 2.05) is 12.1 Å². The quantitative estimate of drug-likeness (QED) is 0.729. The maximum atomic E-state index is 9.27. The van der Waals surface area contributed by atoms with Gasteiger partial charge in [-0.1, -0.05) is 31.0 Å². The summed E-state index contributed by atoms with van der Waals surface area (Å²) in [6.45, 7) is 2.25. The van der Waals surface area contributed by atoms with Crippen molar-refractivity contribution in [2.75, 3.05) is 0 Å². The molecule has 1 nitrogen and oxygen atoms in total. The molecule has 0 radical (unpaired) electrons. The number of rotatable bonds is 1. The van der Waals surface area contributed by atoms with E-state index in [1.54, 1.807) is 6.07 Å². The van der Waals surface area contributed by atoms with Gasteiger partial charge in [-0.3, -0.25) is 0 Å². The van der Waals surface area contributed by atoms with Crippen LogP contribution < -0.4 is 0 Å². The minimum Gasteiger partial charge on any atom is -0.506 e. The Kier molecular flexibility index (Phi) is 1.99. The Morgan fingerprint density at radius 2 is 2.08 bits per heavy atom. The highest BCUT2D eigenvalue weighted by Crippen LogP contribution is 2.44. The minimum absolute atomic E-state index is 0.174. The van der Waals surface area contributed by atoms with E-state index in [0.29, 0.717) is 10.4 Å². The Bertz CT molecular complexity index is 329. The van der Waals surface area contributed by atoms with E-state index >= 15 is 0 Å². The molecule has 1 aliphatic rings. The fourth-order valence-corrected chi connectivity index (χ4v) is 2.06. The fourth-order valence-electron chi connectivity index (χ4n) is 1.88. The minimum atomic E-state index is 0.174. The van der Waals surface area contributed by atoms with Crippen molar-refractivity contribution >= 4 is 11.6 Å². The summed E-state index contributed by atoms with van der Waals surface area (Å²) in [6, 6.07) is 5.54. The molecular weight excluding hydrogens is 184 g/mol. The number of hydrogen-bond donors (Lipinski definition) is 1. The number of phenols is 1. The molecular formula is C11H13ClO. The molecule has 13 heavy (non-hydrogen) atoms. The van der Waals surface area contributed by atoms with Gasteiger partial charge in [-0.25, -0.2) is 0 Å². The predicted octanol–water partition coefficient (Wildman–Crippen LogP) is 3.49. The van der Waals surface area contributed by atoms with Gasteiger partial charge in [0.15, 0.2) is 0 Å². The third kappa shape index (κ3) is 1.42. The van der Waals surface area contributed by atoms with Crippen molar-refractivity contribution in [1.29, 1.82) is 0 Å². The van der Waals surface area contributed by atoms with Crippen molar-refractivity contribution in [3.05, 3.63) is 28.8 Å². The molecule has 0 atom stereocenters. The summed E-state index contributed by atoms with van der Waals surface area (Å²) in [7, 11) is 0.